The van der Waals surface area contributed by atoms with Crippen LogP contribution in [0.25, 0.3) is 0 Å². The summed E-state index contributed by atoms with van der Waals surface area (Å²) in [7, 11) is 0. The number of carbonyl (C=O) groups excluding carboxylic acids is 3. The van der Waals surface area contributed by atoms with Crippen molar-refractivity contribution in [1.29, 1.82) is 0 Å². The SMILES string of the molecule is FC[CH-]CI.O=CI1CCC(I2C(=O)N(Cc3c[c-]c(OCc4ccc([ClH+])c(C(F)(F)F)c4)cc3)C(=O)c3c[c-]c(I)cc32)CC1.[CH3-].[U+2].[U+2]. The standard InChI is InChI=1S/C29H23ClF3I3NO4.C3H5FI.CH3.2U/c30-25-8-3-19(13-24(25)29(31,32)33)16-41-22-5-1-18(2-6-22)15-37-27(39)23-7-4-20(34)14-26(23)36(28(37)40)21-9-11-35(17-38)12-10-21;4-2-1-3-5;;;/h1-3,5,7-8,13-14,17,21,30H,9-12,15-16H2;1H,2-3H2;1H3;;/q3*-1;2*+2. The maximum atomic E-state index is 13.9. The summed E-state index contributed by atoms with van der Waals surface area (Å²) in [5.74, 6) is -0.0185. The minimum absolute atomic E-state index is 0. The monoisotopic (exact) mass is 1600 g/mol. The molecule has 2 aliphatic rings. The van der Waals surface area contributed by atoms with Crippen LogP contribution in [-0.4, -0.2) is 42.9 Å². The largest absolute Gasteiger partial charge is 2.00 e. The van der Waals surface area contributed by atoms with Crippen molar-refractivity contribution >= 4 is 98.9 Å². The van der Waals surface area contributed by atoms with Gasteiger partial charge in [-0.2, -0.15) is 13.2 Å². The Morgan fingerprint density at radius 2 is 1.73 bits per heavy atom. The maximum absolute atomic E-state index is 13.9. The molecule has 262 valence electrons. The Morgan fingerprint density at radius 1 is 1.06 bits per heavy atom. The van der Waals surface area contributed by atoms with E-state index in [9.17, 15) is 31.9 Å². The maximum Gasteiger partial charge on any atom is 2.00 e. The number of benzene rings is 3. The Labute approximate surface area is 379 Å². The van der Waals surface area contributed by atoms with Crippen molar-refractivity contribution < 1.29 is 111 Å². The first-order valence-electron chi connectivity index (χ1n) is 13.7. The van der Waals surface area contributed by atoms with Gasteiger partial charge in [0.15, 0.2) is 11.6 Å². The van der Waals surface area contributed by atoms with Gasteiger partial charge in [0.05, 0.1) is 0 Å². The fraction of sp³-hybridized carbons (Fsp3) is 0.303. The van der Waals surface area contributed by atoms with E-state index in [0.29, 0.717) is 22.4 Å². The summed E-state index contributed by atoms with van der Waals surface area (Å²) in [5.41, 5.74) is 0.665. The summed E-state index contributed by atoms with van der Waals surface area (Å²) in [5, 5.41) is -0.268. The minimum Gasteiger partial charge on any atom is -0.358 e. The molecule has 5 nitrogen and oxygen atoms in total. The average molecular weight is 1600 g/mol. The summed E-state index contributed by atoms with van der Waals surface area (Å²) >= 11 is 5.01. The number of hydrogen-bond acceptors (Lipinski definition) is 4. The number of carbonyl (C=O) groups is 3. The zero-order chi connectivity index (χ0) is 33.4. The van der Waals surface area contributed by atoms with Gasteiger partial charge in [-0.3, -0.25) is 10.8 Å². The van der Waals surface area contributed by atoms with Crippen LogP contribution in [0.1, 0.15) is 39.9 Å². The van der Waals surface area contributed by atoms with E-state index in [1.807, 2.05) is 6.07 Å². The quantitative estimate of drug-likeness (QED) is 0.0408. The molecule has 16 heteroatoms. The molecule has 1 saturated heterocycles. The molecular weight excluding hydrogens is 1570 g/mol. The molecular formula is C33H31ClF4I4NO4U2+. The fourth-order valence-electron chi connectivity index (χ4n) is 4.59. The number of alkyl halides is 8. The number of fused-ring (bicyclic) bond motifs is 1. The second-order valence-corrected chi connectivity index (χ2v) is 23.5. The molecule has 0 radical (unpaired) electrons. The van der Waals surface area contributed by atoms with Gasteiger partial charge >= 0.3 is 303 Å². The van der Waals surface area contributed by atoms with Gasteiger partial charge in [0.2, 0.25) is 5.02 Å². The van der Waals surface area contributed by atoms with Crippen LogP contribution >= 0.6 is 84.8 Å². The van der Waals surface area contributed by atoms with E-state index in [2.05, 4.69) is 57.3 Å². The molecule has 3 aromatic carbocycles. The Bertz CT molecular complexity index is 1550. The summed E-state index contributed by atoms with van der Waals surface area (Å²) in [6, 6.07) is 18.4. The Kier molecular flexibility index (Phi) is 23.0. The molecule has 2 aliphatic heterocycles. The second kappa shape index (κ2) is 23.3. The summed E-state index contributed by atoms with van der Waals surface area (Å²) in [6.45, 7) is -0.307. The van der Waals surface area contributed by atoms with Crippen LogP contribution in [0.5, 0.6) is 5.75 Å². The summed E-state index contributed by atoms with van der Waals surface area (Å²) in [4.78, 5) is 40.1. The fourth-order valence-corrected chi connectivity index (χ4v) is 19.4. The normalized spacial score (nSPS) is 15.9. The number of hydrogen-bond donors (Lipinski definition) is 0. The zero-order valence-electron chi connectivity index (χ0n) is 26.0. The third kappa shape index (κ3) is 13.5. The molecule has 5 rings (SSSR count). The Morgan fingerprint density at radius 3 is 2.29 bits per heavy atom. The van der Waals surface area contributed by atoms with Gasteiger partial charge in [-0.05, 0) is 6.67 Å². The van der Waals surface area contributed by atoms with Gasteiger partial charge < -0.3 is 7.43 Å². The number of amides is 2. The molecule has 0 spiro atoms. The molecule has 3 aromatic rings. The predicted octanol–water partition coefficient (Wildman–Crippen LogP) is 9.54. The Balaban J connectivity index is 0.00000140. The van der Waals surface area contributed by atoms with Crippen LogP contribution in [0.15, 0.2) is 48.5 Å². The number of ether oxygens (including phenoxy) is 1. The number of imide groups is 1. The van der Waals surface area contributed by atoms with E-state index in [4.69, 9.17) is 16.3 Å². The molecule has 49 heavy (non-hydrogen) atoms. The molecule has 0 aromatic heterocycles. The molecule has 0 unspecified atom stereocenters. The average Bonchev–Trinajstić information content (AvgIpc) is 3.03. The van der Waals surface area contributed by atoms with Gasteiger partial charge in [-0.1, -0.05) is 0 Å². The van der Waals surface area contributed by atoms with Crippen LogP contribution in [0.4, 0.5) is 22.4 Å². The molecule has 0 atom stereocenters. The number of rotatable bonds is 9. The van der Waals surface area contributed by atoms with Gasteiger partial charge in [0.1, 0.15) is 0 Å². The molecule has 0 bridgehead atoms. The predicted molar refractivity (Wildman–Crippen MR) is 207 cm³/mol. The molecule has 0 N–H and O–H groups in total. The number of nitrogens with zero attached hydrogens (tertiary/aromatic N) is 1. The molecule has 0 aliphatic carbocycles. The van der Waals surface area contributed by atoms with Crippen LogP contribution in [-0.2, 0) is 24.1 Å². The number of halogens is 9. The van der Waals surface area contributed by atoms with E-state index in [0.717, 1.165) is 43.6 Å². The van der Waals surface area contributed by atoms with Gasteiger partial charge in [0, 0.05) is 0 Å². The van der Waals surface area contributed by atoms with Gasteiger partial charge in [-0.15, -0.1) is 27.0 Å². The van der Waals surface area contributed by atoms with Crippen molar-refractivity contribution in [3.8, 4) is 5.75 Å². The first-order chi connectivity index (χ1) is 22.0. The van der Waals surface area contributed by atoms with E-state index in [-0.39, 0.29) is 108 Å². The summed E-state index contributed by atoms with van der Waals surface area (Å²) in [6.07, 6.45) is -1.23. The first kappa shape index (κ1) is 48.3. The topological polar surface area (TPSA) is 63.7 Å². The van der Waals surface area contributed by atoms with Crippen molar-refractivity contribution in [3.63, 3.8) is 0 Å². The van der Waals surface area contributed by atoms with Crippen molar-refractivity contribution in [2.45, 2.75) is 36.1 Å². The third-order valence-corrected chi connectivity index (χ3v) is 19.9. The van der Waals surface area contributed by atoms with E-state index < -0.39 is 51.4 Å². The van der Waals surface area contributed by atoms with E-state index >= 15 is 0 Å². The molecule has 2 amide bonds. The van der Waals surface area contributed by atoms with Crippen LogP contribution in [0.2, 0.25) is 5.02 Å². The van der Waals surface area contributed by atoms with Crippen molar-refractivity contribution in [3.05, 3.63) is 109 Å². The smallest absolute Gasteiger partial charge is 0.358 e. The van der Waals surface area contributed by atoms with Gasteiger partial charge in [-0.25, -0.2) is 0 Å². The minimum atomic E-state index is -4.54. The van der Waals surface area contributed by atoms with Crippen molar-refractivity contribution in [2.75, 3.05) is 20.0 Å². The second-order valence-electron chi connectivity index (χ2n) is 9.91. The molecule has 0 saturated carbocycles. The van der Waals surface area contributed by atoms with Crippen LogP contribution in [0.3, 0.4) is 0 Å². The van der Waals surface area contributed by atoms with E-state index in [1.165, 1.54) is 17.0 Å². The van der Waals surface area contributed by atoms with Crippen LogP contribution in [0, 0.1) is 107 Å². The molecule has 2 heterocycles. The molecule has 1 fully saturated rings. The van der Waals surface area contributed by atoms with Gasteiger partial charge in [0.25, 0.3) is 0 Å². The first-order valence-corrected chi connectivity index (χ1v) is 24.4. The van der Waals surface area contributed by atoms with Crippen LogP contribution < -0.4 is 4.74 Å². The third-order valence-electron chi connectivity index (χ3n) is 6.86. The van der Waals surface area contributed by atoms with E-state index in [1.54, 1.807) is 30.7 Å². The van der Waals surface area contributed by atoms with Crippen molar-refractivity contribution in [2.24, 2.45) is 0 Å². The van der Waals surface area contributed by atoms with Crippen molar-refractivity contribution in [1.82, 2.24) is 4.90 Å². The summed E-state index contributed by atoms with van der Waals surface area (Å²) < 4.78 is 61.8. The Hall–Kier alpha value is 1.30. The zero-order valence-corrected chi connectivity index (χ0v) is 43.8.